The van der Waals surface area contributed by atoms with Crippen LogP contribution in [0.15, 0.2) is 22.7 Å². The maximum Gasteiger partial charge on any atom is 0.418 e. The van der Waals surface area contributed by atoms with Gasteiger partial charge < -0.3 is 10.6 Å². The van der Waals surface area contributed by atoms with Gasteiger partial charge in [0.15, 0.2) is 0 Å². The molecule has 6 heteroatoms. The zero-order valence-corrected chi connectivity index (χ0v) is 12.8. The summed E-state index contributed by atoms with van der Waals surface area (Å²) in [5.41, 5.74) is 5.42. The fraction of sp³-hybridized carbons (Fsp3) is 0.571. The van der Waals surface area contributed by atoms with Gasteiger partial charge in [-0.3, -0.25) is 0 Å². The maximum atomic E-state index is 13.2. The van der Waals surface area contributed by atoms with Crippen molar-refractivity contribution in [1.29, 1.82) is 0 Å². The van der Waals surface area contributed by atoms with Gasteiger partial charge in [-0.05, 0) is 37.0 Å². The maximum absolute atomic E-state index is 13.2. The number of nitrogens with two attached hydrogens (primary N) is 1. The predicted octanol–water partition coefficient (Wildman–Crippen LogP) is 4.03. The van der Waals surface area contributed by atoms with Crippen LogP contribution in [0.5, 0.6) is 0 Å². The molecule has 2 nitrogen and oxygen atoms in total. The molecule has 2 N–H and O–H groups in total. The molecule has 0 bridgehead atoms. The van der Waals surface area contributed by atoms with Gasteiger partial charge in [-0.15, -0.1) is 0 Å². The number of benzene rings is 1. The van der Waals surface area contributed by atoms with E-state index in [1.807, 2.05) is 4.90 Å². The van der Waals surface area contributed by atoms with E-state index in [0.717, 1.165) is 18.9 Å². The van der Waals surface area contributed by atoms with E-state index in [0.29, 0.717) is 23.5 Å². The van der Waals surface area contributed by atoms with Crippen molar-refractivity contribution >= 4 is 21.6 Å². The van der Waals surface area contributed by atoms with Gasteiger partial charge >= 0.3 is 6.18 Å². The molecular weight excluding hydrogens is 333 g/mol. The molecule has 1 heterocycles. The number of rotatable bonds is 2. The highest BCUT2D eigenvalue weighted by molar-refractivity contribution is 9.10. The van der Waals surface area contributed by atoms with Crippen molar-refractivity contribution in [3.63, 3.8) is 0 Å². The fourth-order valence-electron chi connectivity index (χ4n) is 2.89. The van der Waals surface area contributed by atoms with Crippen molar-refractivity contribution in [3.05, 3.63) is 28.2 Å². The Morgan fingerprint density at radius 2 is 2.10 bits per heavy atom. The Labute approximate surface area is 125 Å². The van der Waals surface area contributed by atoms with Crippen molar-refractivity contribution < 1.29 is 13.2 Å². The first kappa shape index (κ1) is 15.6. The number of hydrogen-bond donors (Lipinski definition) is 1. The minimum atomic E-state index is -4.35. The lowest BCUT2D eigenvalue weighted by molar-refractivity contribution is -0.137. The highest BCUT2D eigenvalue weighted by Crippen LogP contribution is 2.40. The van der Waals surface area contributed by atoms with E-state index < -0.39 is 11.7 Å². The van der Waals surface area contributed by atoms with Crippen LogP contribution in [-0.4, -0.2) is 19.1 Å². The Bertz CT molecular complexity index is 476. The van der Waals surface area contributed by atoms with Gasteiger partial charge in [0, 0.05) is 23.6 Å². The smallest absolute Gasteiger partial charge is 0.366 e. The Balaban J connectivity index is 2.47. The first-order chi connectivity index (χ1) is 9.34. The fourth-order valence-corrected chi connectivity index (χ4v) is 3.24. The first-order valence-corrected chi connectivity index (χ1v) is 7.47. The summed E-state index contributed by atoms with van der Waals surface area (Å²) in [7, 11) is 0. The average Bonchev–Trinajstić information content (AvgIpc) is 2.36. The molecule has 20 heavy (non-hydrogen) atoms. The lowest BCUT2D eigenvalue weighted by Crippen LogP contribution is -2.49. The first-order valence-electron chi connectivity index (χ1n) is 6.68. The van der Waals surface area contributed by atoms with E-state index >= 15 is 0 Å². The number of anilines is 1. The Morgan fingerprint density at radius 3 is 2.70 bits per heavy atom. The van der Waals surface area contributed by atoms with Gasteiger partial charge in [0.1, 0.15) is 0 Å². The second-order valence-corrected chi connectivity index (χ2v) is 6.19. The lowest BCUT2D eigenvalue weighted by Gasteiger charge is -2.42. The molecule has 2 unspecified atom stereocenters. The van der Waals surface area contributed by atoms with Crippen LogP contribution >= 0.6 is 15.9 Å². The number of alkyl halides is 3. The van der Waals surface area contributed by atoms with Crippen LogP contribution in [-0.2, 0) is 6.18 Å². The Morgan fingerprint density at radius 1 is 1.40 bits per heavy atom. The summed E-state index contributed by atoms with van der Waals surface area (Å²) in [4.78, 5) is 1.82. The molecule has 2 rings (SSSR count). The zero-order valence-electron chi connectivity index (χ0n) is 11.3. The third-order valence-electron chi connectivity index (χ3n) is 3.93. The molecule has 0 aliphatic carbocycles. The third kappa shape index (κ3) is 3.11. The molecule has 0 aromatic heterocycles. The van der Waals surface area contributed by atoms with Crippen molar-refractivity contribution in [2.24, 2.45) is 11.7 Å². The summed E-state index contributed by atoms with van der Waals surface area (Å²) in [6.07, 6.45) is -2.45. The van der Waals surface area contributed by atoms with Gasteiger partial charge in [-0.25, -0.2) is 0 Å². The van der Waals surface area contributed by atoms with Gasteiger partial charge in [0.2, 0.25) is 0 Å². The molecule has 1 aromatic carbocycles. The molecule has 0 saturated carbocycles. The molecule has 0 amide bonds. The Kier molecular flexibility index (Phi) is 4.64. The van der Waals surface area contributed by atoms with E-state index in [2.05, 4.69) is 22.9 Å². The van der Waals surface area contributed by atoms with Gasteiger partial charge in [-0.1, -0.05) is 22.9 Å². The summed E-state index contributed by atoms with van der Waals surface area (Å²) in [5.74, 6) is 0.300. The SMILES string of the molecule is CC1CCCN(c2cc(Br)ccc2C(F)(F)F)C1CN. The number of hydrogen-bond acceptors (Lipinski definition) is 2. The molecule has 0 radical (unpaired) electrons. The van der Waals surface area contributed by atoms with Gasteiger partial charge in [0.05, 0.1) is 11.3 Å². The van der Waals surface area contributed by atoms with Crippen LogP contribution in [0.2, 0.25) is 0 Å². The van der Waals surface area contributed by atoms with E-state index in [4.69, 9.17) is 5.73 Å². The summed E-state index contributed by atoms with van der Waals surface area (Å²) < 4.78 is 40.2. The van der Waals surface area contributed by atoms with E-state index in [-0.39, 0.29) is 11.7 Å². The lowest BCUT2D eigenvalue weighted by atomic mass is 9.90. The van der Waals surface area contributed by atoms with Crippen LogP contribution in [0.4, 0.5) is 18.9 Å². The second-order valence-electron chi connectivity index (χ2n) is 5.28. The summed E-state index contributed by atoms with van der Waals surface area (Å²) in [6, 6.07) is 4.06. The van der Waals surface area contributed by atoms with Crippen molar-refractivity contribution in [2.75, 3.05) is 18.0 Å². The third-order valence-corrected chi connectivity index (χ3v) is 4.43. The number of piperidine rings is 1. The topological polar surface area (TPSA) is 29.3 Å². The van der Waals surface area contributed by atoms with Gasteiger partial charge in [-0.2, -0.15) is 13.2 Å². The Hall–Kier alpha value is -0.750. The molecule has 1 fully saturated rings. The quantitative estimate of drug-likeness (QED) is 0.872. The van der Waals surface area contributed by atoms with Crippen LogP contribution in [0.25, 0.3) is 0 Å². The van der Waals surface area contributed by atoms with Crippen molar-refractivity contribution in [1.82, 2.24) is 0 Å². The largest absolute Gasteiger partial charge is 0.418 e. The highest BCUT2D eigenvalue weighted by atomic mass is 79.9. The molecule has 112 valence electrons. The van der Waals surface area contributed by atoms with Crippen LogP contribution in [0.3, 0.4) is 0 Å². The molecule has 1 aliphatic heterocycles. The van der Waals surface area contributed by atoms with E-state index in [1.165, 1.54) is 6.07 Å². The summed E-state index contributed by atoms with van der Waals surface area (Å²) in [5, 5.41) is 0. The van der Waals surface area contributed by atoms with E-state index in [9.17, 15) is 13.2 Å². The second kappa shape index (κ2) is 5.93. The van der Waals surface area contributed by atoms with Crippen molar-refractivity contribution in [2.45, 2.75) is 32.0 Å². The normalized spacial score (nSPS) is 24.0. The number of halogens is 4. The zero-order chi connectivity index (χ0) is 14.9. The highest BCUT2D eigenvalue weighted by Gasteiger charge is 2.37. The molecule has 1 saturated heterocycles. The molecule has 0 spiro atoms. The summed E-state index contributed by atoms with van der Waals surface area (Å²) >= 11 is 3.26. The average molecular weight is 351 g/mol. The van der Waals surface area contributed by atoms with Crippen LogP contribution in [0, 0.1) is 5.92 Å². The predicted molar refractivity (Wildman–Crippen MR) is 77.7 cm³/mol. The molecule has 1 aliphatic rings. The van der Waals surface area contributed by atoms with Crippen molar-refractivity contribution in [3.8, 4) is 0 Å². The van der Waals surface area contributed by atoms with Gasteiger partial charge in [0.25, 0.3) is 0 Å². The van der Waals surface area contributed by atoms with Crippen LogP contribution < -0.4 is 10.6 Å². The summed E-state index contributed by atoms with van der Waals surface area (Å²) in [6.45, 7) is 3.03. The monoisotopic (exact) mass is 350 g/mol. The molecule has 1 aromatic rings. The minimum Gasteiger partial charge on any atom is -0.366 e. The van der Waals surface area contributed by atoms with Crippen LogP contribution in [0.1, 0.15) is 25.3 Å². The minimum absolute atomic E-state index is 0.0425. The standard InChI is InChI=1S/C14H18BrF3N2/c1-9-3-2-6-20(13(9)8-19)12-7-10(15)4-5-11(12)14(16,17)18/h4-5,7,9,13H,2-3,6,8,19H2,1H3. The molecular formula is C14H18BrF3N2. The number of nitrogens with zero attached hydrogens (tertiary/aromatic N) is 1. The molecule has 2 atom stereocenters. The van der Waals surface area contributed by atoms with E-state index in [1.54, 1.807) is 6.07 Å².